The molecule has 0 saturated carbocycles. The first-order valence-corrected chi connectivity index (χ1v) is 7.13. The van der Waals surface area contributed by atoms with E-state index in [1.165, 1.54) is 11.3 Å². The van der Waals surface area contributed by atoms with Crippen LogP contribution in [0.4, 0.5) is 0 Å². The number of aryl methyl sites for hydroxylation is 1. The number of rotatable bonds is 1. The van der Waals surface area contributed by atoms with Gasteiger partial charge < -0.3 is 5.11 Å². The summed E-state index contributed by atoms with van der Waals surface area (Å²) in [7, 11) is 0. The molecule has 0 bridgehead atoms. The molecule has 1 saturated heterocycles. The van der Waals surface area contributed by atoms with Crippen molar-refractivity contribution in [1.29, 1.82) is 0 Å². The average Bonchev–Trinajstić information content (AvgIpc) is 2.23. The van der Waals surface area contributed by atoms with Gasteiger partial charge in [0.15, 0.2) is 0 Å². The van der Waals surface area contributed by atoms with E-state index in [4.69, 9.17) is 0 Å². The first-order valence-electron chi connectivity index (χ1n) is 5.19. The van der Waals surface area contributed by atoms with Gasteiger partial charge in [-0.15, -0.1) is 0 Å². The number of hydrogen-bond acceptors (Lipinski definition) is 2. The van der Waals surface area contributed by atoms with Crippen molar-refractivity contribution < 1.29 is 5.11 Å². The molecule has 1 aliphatic heterocycles. The van der Waals surface area contributed by atoms with Gasteiger partial charge in [0, 0.05) is 10.2 Å². The van der Waals surface area contributed by atoms with Crippen LogP contribution in [-0.2, 0) is 5.60 Å². The molecule has 0 unspecified atom stereocenters. The van der Waals surface area contributed by atoms with Crippen LogP contribution in [0.3, 0.4) is 0 Å². The summed E-state index contributed by atoms with van der Waals surface area (Å²) in [5.74, 6) is 2.01. The number of halogens is 1. The Balaban J connectivity index is 2.31. The molecule has 82 valence electrons. The number of aliphatic hydroxyl groups is 1. The van der Waals surface area contributed by atoms with E-state index < -0.39 is 5.60 Å². The summed E-state index contributed by atoms with van der Waals surface area (Å²) in [6.07, 6.45) is 2.00. The first-order chi connectivity index (χ1) is 7.12. The van der Waals surface area contributed by atoms with Crippen LogP contribution in [0.5, 0.6) is 0 Å². The van der Waals surface area contributed by atoms with Crippen molar-refractivity contribution in [2.24, 2.45) is 0 Å². The Morgan fingerprint density at radius 3 is 2.87 bits per heavy atom. The highest BCUT2D eigenvalue weighted by molar-refractivity contribution is 9.10. The van der Waals surface area contributed by atoms with Crippen molar-refractivity contribution in [1.82, 2.24) is 0 Å². The first kappa shape index (κ1) is 11.5. The summed E-state index contributed by atoms with van der Waals surface area (Å²) in [6.45, 7) is 2.06. The second-order valence-corrected chi connectivity index (χ2v) is 6.11. The van der Waals surface area contributed by atoms with Crippen LogP contribution in [0.15, 0.2) is 22.7 Å². The second kappa shape index (κ2) is 4.48. The molecule has 1 heterocycles. The average molecular weight is 287 g/mol. The molecule has 0 amide bonds. The third-order valence-corrected chi connectivity index (χ3v) is 5.06. The predicted octanol–water partition coefficient (Wildman–Crippen LogP) is 3.47. The predicted molar refractivity (Wildman–Crippen MR) is 69.3 cm³/mol. The molecule has 1 aliphatic rings. The van der Waals surface area contributed by atoms with Gasteiger partial charge in [0.1, 0.15) is 0 Å². The Bertz CT molecular complexity index is 359. The van der Waals surface area contributed by atoms with Gasteiger partial charge in [-0.1, -0.05) is 28.1 Å². The summed E-state index contributed by atoms with van der Waals surface area (Å²) in [6, 6.07) is 6.15. The van der Waals surface area contributed by atoms with Crippen LogP contribution in [0, 0.1) is 6.92 Å². The fourth-order valence-corrected chi connectivity index (χ4v) is 3.33. The summed E-state index contributed by atoms with van der Waals surface area (Å²) in [4.78, 5) is 0. The molecule has 15 heavy (non-hydrogen) atoms. The Morgan fingerprint density at radius 1 is 1.47 bits per heavy atom. The Hall–Kier alpha value is 0.01000. The lowest BCUT2D eigenvalue weighted by Crippen LogP contribution is -2.31. The van der Waals surface area contributed by atoms with Gasteiger partial charge in [-0.05, 0) is 42.7 Å². The molecule has 1 aromatic carbocycles. The maximum atomic E-state index is 10.5. The standard InChI is InChI=1S/C12H15BrOS/c1-9-7-10(3-4-11(9)13)12(14)5-2-6-15-8-12/h3-4,7,14H,2,5-6,8H2,1H3/t12-/m1/s1. The highest BCUT2D eigenvalue weighted by Crippen LogP contribution is 2.36. The van der Waals surface area contributed by atoms with Gasteiger partial charge in [0.05, 0.1) is 5.60 Å². The zero-order valence-corrected chi connectivity index (χ0v) is 11.2. The smallest absolute Gasteiger partial charge is 0.0986 e. The van der Waals surface area contributed by atoms with Gasteiger partial charge in [0.2, 0.25) is 0 Å². The molecule has 1 fully saturated rings. The molecular formula is C12H15BrOS. The number of benzene rings is 1. The lowest BCUT2D eigenvalue weighted by molar-refractivity contribution is 0.0495. The Labute approximate surface area is 103 Å². The van der Waals surface area contributed by atoms with Crippen LogP contribution in [0.2, 0.25) is 0 Å². The molecule has 0 aliphatic carbocycles. The van der Waals surface area contributed by atoms with Crippen LogP contribution in [0.25, 0.3) is 0 Å². The molecule has 1 aromatic rings. The Kier molecular flexibility index (Phi) is 3.43. The minimum Gasteiger partial charge on any atom is -0.384 e. The van der Waals surface area contributed by atoms with Crippen molar-refractivity contribution in [3.63, 3.8) is 0 Å². The summed E-state index contributed by atoms with van der Waals surface area (Å²) in [5.41, 5.74) is 1.65. The minimum atomic E-state index is -0.603. The monoisotopic (exact) mass is 286 g/mol. The van der Waals surface area contributed by atoms with Crippen molar-refractivity contribution >= 4 is 27.7 Å². The minimum absolute atomic E-state index is 0.603. The molecular weight excluding hydrogens is 272 g/mol. The van der Waals surface area contributed by atoms with E-state index in [9.17, 15) is 5.11 Å². The van der Waals surface area contributed by atoms with Gasteiger partial charge in [-0.25, -0.2) is 0 Å². The van der Waals surface area contributed by atoms with E-state index in [1.54, 1.807) is 0 Å². The molecule has 0 spiro atoms. The zero-order valence-electron chi connectivity index (χ0n) is 8.79. The molecule has 1 nitrogen and oxygen atoms in total. The summed E-state index contributed by atoms with van der Waals surface area (Å²) < 4.78 is 1.11. The van der Waals surface area contributed by atoms with Gasteiger partial charge >= 0.3 is 0 Å². The molecule has 1 N–H and O–H groups in total. The quantitative estimate of drug-likeness (QED) is 0.853. The largest absolute Gasteiger partial charge is 0.384 e. The van der Waals surface area contributed by atoms with Crippen molar-refractivity contribution in [2.45, 2.75) is 25.4 Å². The highest BCUT2D eigenvalue weighted by atomic mass is 79.9. The van der Waals surface area contributed by atoms with Gasteiger partial charge in [0.25, 0.3) is 0 Å². The number of thioether (sulfide) groups is 1. The topological polar surface area (TPSA) is 20.2 Å². The van der Waals surface area contributed by atoms with E-state index in [1.807, 2.05) is 23.9 Å². The molecule has 0 aromatic heterocycles. The zero-order chi connectivity index (χ0) is 10.9. The lowest BCUT2D eigenvalue weighted by Gasteiger charge is -2.32. The number of hydrogen-bond donors (Lipinski definition) is 1. The maximum absolute atomic E-state index is 10.5. The summed E-state index contributed by atoms with van der Waals surface area (Å²) in [5, 5.41) is 10.5. The normalized spacial score (nSPS) is 26.6. The van der Waals surface area contributed by atoms with Crippen LogP contribution in [-0.4, -0.2) is 16.6 Å². The molecule has 3 heteroatoms. The van der Waals surface area contributed by atoms with E-state index >= 15 is 0 Å². The third kappa shape index (κ3) is 2.40. The van der Waals surface area contributed by atoms with E-state index in [-0.39, 0.29) is 0 Å². The molecule has 0 radical (unpaired) electrons. The fraction of sp³-hybridized carbons (Fsp3) is 0.500. The third-order valence-electron chi connectivity index (χ3n) is 2.92. The fourth-order valence-electron chi connectivity index (χ4n) is 1.94. The highest BCUT2D eigenvalue weighted by Gasteiger charge is 2.31. The van der Waals surface area contributed by atoms with E-state index in [0.717, 1.165) is 28.6 Å². The van der Waals surface area contributed by atoms with Crippen molar-refractivity contribution in [2.75, 3.05) is 11.5 Å². The van der Waals surface area contributed by atoms with Gasteiger partial charge in [-0.3, -0.25) is 0 Å². The van der Waals surface area contributed by atoms with Crippen molar-refractivity contribution in [3.05, 3.63) is 33.8 Å². The summed E-state index contributed by atoms with van der Waals surface area (Å²) >= 11 is 5.33. The van der Waals surface area contributed by atoms with E-state index in [2.05, 4.69) is 28.9 Å². The van der Waals surface area contributed by atoms with Crippen LogP contribution >= 0.6 is 27.7 Å². The Morgan fingerprint density at radius 2 is 2.27 bits per heavy atom. The van der Waals surface area contributed by atoms with Crippen LogP contribution < -0.4 is 0 Å². The SMILES string of the molecule is Cc1cc([C@@]2(O)CCCSC2)ccc1Br. The lowest BCUT2D eigenvalue weighted by atomic mass is 9.90. The maximum Gasteiger partial charge on any atom is 0.0986 e. The second-order valence-electron chi connectivity index (χ2n) is 4.15. The van der Waals surface area contributed by atoms with E-state index in [0.29, 0.717) is 0 Å². The molecule has 2 rings (SSSR count). The van der Waals surface area contributed by atoms with Crippen LogP contribution in [0.1, 0.15) is 24.0 Å². The van der Waals surface area contributed by atoms with Gasteiger partial charge in [-0.2, -0.15) is 11.8 Å². The molecule has 1 atom stereocenters. The van der Waals surface area contributed by atoms with Crippen molar-refractivity contribution in [3.8, 4) is 0 Å².